The van der Waals surface area contributed by atoms with Crippen LogP contribution in [-0.2, 0) is 4.74 Å². The van der Waals surface area contributed by atoms with Crippen molar-refractivity contribution < 1.29 is 13.5 Å². The summed E-state index contributed by atoms with van der Waals surface area (Å²) in [5, 5.41) is 13.7. The van der Waals surface area contributed by atoms with Crippen molar-refractivity contribution in [2.75, 3.05) is 6.61 Å². The molecule has 4 aromatic heterocycles. The summed E-state index contributed by atoms with van der Waals surface area (Å²) in [4.78, 5) is 7.72. The number of aromatic nitrogens is 7. The highest BCUT2D eigenvalue weighted by Crippen LogP contribution is 2.36. The second-order valence-electron chi connectivity index (χ2n) is 8.06. The molecule has 10 heteroatoms. The van der Waals surface area contributed by atoms with Crippen LogP contribution >= 0.6 is 0 Å². The van der Waals surface area contributed by atoms with Crippen LogP contribution in [0.2, 0.25) is 0 Å². The third kappa shape index (κ3) is 3.52. The van der Waals surface area contributed by atoms with E-state index in [9.17, 15) is 4.39 Å². The normalized spacial score (nSPS) is 16.2. The summed E-state index contributed by atoms with van der Waals surface area (Å²) in [6.45, 7) is 0.584. The summed E-state index contributed by atoms with van der Waals surface area (Å²) in [6, 6.07) is 9.80. The largest absolute Gasteiger partial charge is 0.356 e. The number of benzene rings is 1. The van der Waals surface area contributed by atoms with Gasteiger partial charge in [0.05, 0.1) is 11.9 Å². The second kappa shape index (κ2) is 8.38. The lowest BCUT2D eigenvalue weighted by Crippen LogP contribution is -2.19. The van der Waals surface area contributed by atoms with Gasteiger partial charge in [-0.15, -0.1) is 5.10 Å². The van der Waals surface area contributed by atoms with Gasteiger partial charge in [0.25, 0.3) is 0 Å². The van der Waals surface area contributed by atoms with Gasteiger partial charge in [0.1, 0.15) is 22.7 Å². The Morgan fingerprint density at radius 3 is 2.71 bits per heavy atom. The molecule has 0 spiro atoms. The van der Waals surface area contributed by atoms with Gasteiger partial charge in [-0.25, -0.2) is 18.7 Å². The van der Waals surface area contributed by atoms with Crippen LogP contribution in [0.5, 0.6) is 0 Å². The molecule has 8 nitrogen and oxygen atoms in total. The zero-order valence-electron chi connectivity index (χ0n) is 18.0. The number of halogens is 2. The zero-order valence-corrected chi connectivity index (χ0v) is 18.0. The molecule has 34 heavy (non-hydrogen) atoms. The Morgan fingerprint density at radius 2 is 1.91 bits per heavy atom. The molecule has 1 aromatic carbocycles. The van der Waals surface area contributed by atoms with Crippen LogP contribution in [-0.4, -0.2) is 41.3 Å². The van der Waals surface area contributed by atoms with E-state index >= 15 is 4.39 Å². The van der Waals surface area contributed by atoms with Gasteiger partial charge in [0, 0.05) is 36.1 Å². The van der Waals surface area contributed by atoms with E-state index in [-0.39, 0.29) is 11.1 Å². The lowest BCUT2D eigenvalue weighted by Gasteiger charge is -2.23. The first-order chi connectivity index (χ1) is 16.7. The molecule has 0 radical (unpaired) electrons. The molecule has 1 unspecified atom stereocenters. The molecule has 0 amide bonds. The van der Waals surface area contributed by atoms with Gasteiger partial charge < -0.3 is 4.74 Å². The monoisotopic (exact) mass is 459 g/mol. The first-order valence-electron chi connectivity index (χ1n) is 11.0. The van der Waals surface area contributed by atoms with E-state index in [1.54, 1.807) is 58.3 Å². The molecular formula is C24H19F2N7O. The van der Waals surface area contributed by atoms with E-state index in [1.165, 1.54) is 12.3 Å². The standard InChI is InChI=1S/C24H19F2N7O/c25-19-13-15(17-4-3-8-28-24(17)26)12-18-22(30-33(23(18)19)21-5-1-2-11-34-21)20-14-32(31-29-20)16-6-9-27-10-7-16/h3-4,6-10,12-14,21H,1-2,5,11H2. The first kappa shape index (κ1) is 20.5. The third-order valence-electron chi connectivity index (χ3n) is 5.92. The van der Waals surface area contributed by atoms with Crippen LogP contribution in [0.3, 0.4) is 0 Å². The van der Waals surface area contributed by atoms with Crippen LogP contribution in [0.1, 0.15) is 25.5 Å². The molecule has 1 saturated heterocycles. The smallest absolute Gasteiger partial charge is 0.220 e. The lowest BCUT2D eigenvalue weighted by molar-refractivity contribution is -0.0368. The fourth-order valence-electron chi connectivity index (χ4n) is 4.29. The Kier molecular flexibility index (Phi) is 5.06. The Morgan fingerprint density at radius 1 is 1.03 bits per heavy atom. The Bertz CT molecular complexity index is 1480. The number of ether oxygens (including phenoxy) is 1. The average Bonchev–Trinajstić information content (AvgIpc) is 3.51. The van der Waals surface area contributed by atoms with Gasteiger partial charge in [0.2, 0.25) is 5.95 Å². The summed E-state index contributed by atoms with van der Waals surface area (Å²) < 4.78 is 39.1. The maximum absolute atomic E-state index is 15.6. The average molecular weight is 459 g/mol. The Labute approximate surface area is 192 Å². The molecule has 1 aliphatic heterocycles. The van der Waals surface area contributed by atoms with Crippen molar-refractivity contribution in [2.45, 2.75) is 25.5 Å². The van der Waals surface area contributed by atoms with Crippen molar-refractivity contribution in [3.63, 3.8) is 0 Å². The van der Waals surface area contributed by atoms with Crippen LogP contribution in [0.4, 0.5) is 8.78 Å². The molecule has 0 N–H and O–H groups in total. The van der Waals surface area contributed by atoms with E-state index in [2.05, 4.69) is 20.3 Å². The van der Waals surface area contributed by atoms with E-state index < -0.39 is 18.0 Å². The molecule has 1 atom stereocenters. The van der Waals surface area contributed by atoms with Crippen molar-refractivity contribution in [3.05, 3.63) is 73.0 Å². The Balaban J connectivity index is 1.55. The lowest BCUT2D eigenvalue weighted by atomic mass is 10.0. The molecule has 170 valence electrons. The molecule has 6 rings (SSSR count). The summed E-state index contributed by atoms with van der Waals surface area (Å²) in [5.41, 5.74) is 2.53. The summed E-state index contributed by atoms with van der Waals surface area (Å²) in [6.07, 6.45) is 8.63. The molecular weight excluding hydrogens is 440 g/mol. The minimum absolute atomic E-state index is 0.205. The summed E-state index contributed by atoms with van der Waals surface area (Å²) in [7, 11) is 0. The minimum Gasteiger partial charge on any atom is -0.356 e. The number of rotatable bonds is 4. The quantitative estimate of drug-likeness (QED) is 0.362. The Hall–Kier alpha value is -4.05. The van der Waals surface area contributed by atoms with Crippen molar-refractivity contribution in [1.29, 1.82) is 0 Å². The van der Waals surface area contributed by atoms with Crippen molar-refractivity contribution in [3.8, 4) is 28.2 Å². The third-order valence-corrected chi connectivity index (χ3v) is 5.92. The number of nitrogens with zero attached hydrogens (tertiary/aromatic N) is 7. The van der Waals surface area contributed by atoms with Crippen molar-refractivity contribution in [1.82, 2.24) is 34.7 Å². The second-order valence-corrected chi connectivity index (χ2v) is 8.06. The van der Waals surface area contributed by atoms with Crippen molar-refractivity contribution in [2.24, 2.45) is 0 Å². The van der Waals surface area contributed by atoms with Crippen LogP contribution in [0.15, 0.2) is 61.2 Å². The predicted molar refractivity (Wildman–Crippen MR) is 120 cm³/mol. The van der Waals surface area contributed by atoms with Gasteiger partial charge in [0.15, 0.2) is 6.23 Å². The van der Waals surface area contributed by atoms with E-state index in [1.807, 2.05) is 0 Å². The highest BCUT2D eigenvalue weighted by atomic mass is 19.1. The van der Waals surface area contributed by atoms with E-state index in [0.717, 1.165) is 24.9 Å². The number of fused-ring (bicyclic) bond motifs is 1. The summed E-state index contributed by atoms with van der Waals surface area (Å²) in [5.74, 6) is -1.19. The molecule has 5 aromatic rings. The number of hydrogen-bond acceptors (Lipinski definition) is 6. The van der Waals surface area contributed by atoms with Crippen LogP contribution in [0, 0.1) is 11.8 Å². The van der Waals surface area contributed by atoms with E-state index in [4.69, 9.17) is 9.84 Å². The molecule has 5 heterocycles. The summed E-state index contributed by atoms with van der Waals surface area (Å²) >= 11 is 0. The van der Waals surface area contributed by atoms with Gasteiger partial charge in [-0.1, -0.05) is 5.21 Å². The van der Waals surface area contributed by atoms with Gasteiger partial charge >= 0.3 is 0 Å². The fraction of sp³-hybridized carbons (Fsp3) is 0.208. The molecule has 0 bridgehead atoms. The fourth-order valence-corrected chi connectivity index (χ4v) is 4.29. The zero-order chi connectivity index (χ0) is 23.1. The molecule has 0 aliphatic carbocycles. The maximum Gasteiger partial charge on any atom is 0.220 e. The molecule has 1 fully saturated rings. The van der Waals surface area contributed by atoms with Gasteiger partial charge in [-0.05, 0) is 61.2 Å². The minimum atomic E-state index is -0.672. The van der Waals surface area contributed by atoms with Gasteiger partial charge in [-0.2, -0.15) is 9.49 Å². The SMILES string of the molecule is Fc1ncccc1-c1cc(F)c2c(c1)c(-c1cn(-c3ccncc3)nn1)nn2C1CCCCO1. The molecule has 1 aliphatic rings. The van der Waals surface area contributed by atoms with Crippen molar-refractivity contribution >= 4 is 10.9 Å². The van der Waals surface area contributed by atoms with Gasteiger partial charge in [-0.3, -0.25) is 4.98 Å². The number of pyridine rings is 2. The maximum atomic E-state index is 15.6. The van der Waals surface area contributed by atoms with Crippen LogP contribution in [0.25, 0.3) is 39.1 Å². The molecule has 0 saturated carbocycles. The van der Waals surface area contributed by atoms with E-state index in [0.29, 0.717) is 28.9 Å². The highest BCUT2D eigenvalue weighted by Gasteiger charge is 2.26. The van der Waals surface area contributed by atoms with Crippen LogP contribution < -0.4 is 0 Å². The highest BCUT2D eigenvalue weighted by molar-refractivity contribution is 5.95. The first-order valence-corrected chi connectivity index (χ1v) is 11.0. The topological polar surface area (TPSA) is 83.5 Å². The number of hydrogen-bond donors (Lipinski definition) is 0. The predicted octanol–water partition coefficient (Wildman–Crippen LogP) is 4.72.